The molecule has 0 saturated carbocycles. The van der Waals surface area contributed by atoms with Gasteiger partial charge in [0.25, 0.3) is 0 Å². The zero-order valence-corrected chi connectivity index (χ0v) is 56.5. The zero-order chi connectivity index (χ0) is 60.3. The SMILES string of the molecule is CC(C)(C)c1cc(-c2cc3c4cc(-c5cc(C(C)(C)C)cc(C(C)(C)C)c5)c(Oc5[c-]c6c(cc5)c5ccccc5n6-c5ccccn5)[c-]c4n(-c4ncccn4)c3[c-]c2Oc2[c-]c3c(cc2)c2ccccc2n3-c2ccccn2)cc(C(C)(C)C)c1.[Pt+2].[Pt+2]. The van der Waals surface area contributed by atoms with E-state index >= 15 is 0 Å². The van der Waals surface area contributed by atoms with E-state index in [4.69, 9.17) is 29.4 Å². The second-order valence-electron chi connectivity index (χ2n) is 27.0. The Morgan fingerprint density at radius 2 is 0.685 bits per heavy atom. The summed E-state index contributed by atoms with van der Waals surface area (Å²) in [6, 6.07) is 72.7. The largest absolute Gasteiger partial charge is 2.00 e. The quantitative estimate of drug-likeness (QED) is 0.134. The van der Waals surface area contributed by atoms with E-state index in [1.165, 1.54) is 22.3 Å². The summed E-state index contributed by atoms with van der Waals surface area (Å²) in [7, 11) is 0. The molecule has 8 aromatic carbocycles. The molecule has 11 heteroatoms. The first kappa shape index (κ1) is 60.8. The average Bonchev–Trinajstić information content (AvgIpc) is 1.70. The van der Waals surface area contributed by atoms with Gasteiger partial charge in [0.1, 0.15) is 11.6 Å². The zero-order valence-electron chi connectivity index (χ0n) is 52.0. The van der Waals surface area contributed by atoms with E-state index < -0.39 is 0 Å². The second-order valence-corrected chi connectivity index (χ2v) is 27.0. The van der Waals surface area contributed by atoms with Crippen molar-refractivity contribution >= 4 is 65.4 Å². The summed E-state index contributed by atoms with van der Waals surface area (Å²) in [6.07, 6.45) is 7.18. The van der Waals surface area contributed by atoms with Gasteiger partial charge in [0, 0.05) is 58.8 Å². The number of para-hydroxylation sites is 2. The van der Waals surface area contributed by atoms with Crippen molar-refractivity contribution in [1.82, 2.24) is 33.6 Å². The fraction of sp³-hybridized carbons (Fsp3) is 0.205. The standard InChI is InChI=1S/C78H67N7O2.2Pt/c1-75(2,3)50-36-48(37-51(40-50)76(4,5)6)60-44-62-63-45-61(49-38-52(77(7,8)9)41-53(39-49)78(10,11)12)71(87-55-29-31-59-57-23-14-16-25-65(57)84(67(59)43-55)73-27-18-20-33-80-73)47-69(63)85(74-81-34-21-35-82-74)68(62)46-70(60)86-54-28-30-58-56-22-13-15-24-64(56)83(66(58)42-54)72-26-17-19-32-79-72;;/h13-41,44-45H,1-12H3;;/q-4;2*+2. The molecule has 0 fully saturated rings. The third-order valence-electron chi connectivity index (χ3n) is 16.8. The van der Waals surface area contributed by atoms with Gasteiger partial charge in [-0.1, -0.05) is 212 Å². The van der Waals surface area contributed by atoms with Crippen molar-refractivity contribution in [2.75, 3.05) is 0 Å². The van der Waals surface area contributed by atoms with Crippen LogP contribution in [0.3, 0.4) is 0 Å². The molecule has 89 heavy (non-hydrogen) atoms. The van der Waals surface area contributed by atoms with E-state index in [0.29, 0.717) is 40.0 Å². The van der Waals surface area contributed by atoms with Crippen LogP contribution in [0.2, 0.25) is 0 Å². The van der Waals surface area contributed by atoms with Crippen LogP contribution in [-0.2, 0) is 63.8 Å². The molecule has 6 heterocycles. The molecule has 0 aliphatic carbocycles. The normalized spacial score (nSPS) is 12.3. The fourth-order valence-corrected chi connectivity index (χ4v) is 11.9. The summed E-state index contributed by atoms with van der Waals surface area (Å²) >= 11 is 0. The number of benzene rings is 8. The van der Waals surface area contributed by atoms with E-state index in [1.54, 1.807) is 12.4 Å². The summed E-state index contributed by atoms with van der Waals surface area (Å²) in [5, 5.41) is 6.09. The Kier molecular flexibility index (Phi) is 15.6. The van der Waals surface area contributed by atoms with Gasteiger partial charge in [0.05, 0.1) is 0 Å². The molecule has 0 radical (unpaired) electrons. The van der Waals surface area contributed by atoms with Crippen LogP contribution < -0.4 is 9.47 Å². The van der Waals surface area contributed by atoms with Gasteiger partial charge < -0.3 is 23.2 Å². The average molecular weight is 1520 g/mol. The maximum Gasteiger partial charge on any atom is 2.00 e. The Hall–Kier alpha value is -8.48. The Bertz CT molecular complexity index is 4660. The van der Waals surface area contributed by atoms with Crippen LogP contribution in [0, 0.1) is 24.3 Å². The van der Waals surface area contributed by atoms with Crippen LogP contribution in [0.5, 0.6) is 23.0 Å². The fourth-order valence-electron chi connectivity index (χ4n) is 11.9. The molecule has 0 spiro atoms. The monoisotopic (exact) mass is 1520 g/mol. The van der Waals surface area contributed by atoms with Gasteiger partial charge in [-0.3, -0.25) is 0 Å². The summed E-state index contributed by atoms with van der Waals surface area (Å²) < 4.78 is 21.0. The minimum atomic E-state index is -0.173. The van der Waals surface area contributed by atoms with Crippen LogP contribution in [0.4, 0.5) is 0 Å². The minimum absolute atomic E-state index is 0. The van der Waals surface area contributed by atoms with Crippen molar-refractivity contribution in [3.63, 3.8) is 0 Å². The first-order valence-corrected chi connectivity index (χ1v) is 29.8. The van der Waals surface area contributed by atoms with E-state index in [0.717, 1.165) is 88.3 Å². The van der Waals surface area contributed by atoms with Crippen LogP contribution in [0.15, 0.2) is 189 Å². The van der Waals surface area contributed by atoms with Gasteiger partial charge in [-0.25, -0.2) is 19.9 Å². The molecule has 6 aromatic heterocycles. The summed E-state index contributed by atoms with van der Waals surface area (Å²) in [4.78, 5) is 19.5. The van der Waals surface area contributed by atoms with Gasteiger partial charge in [-0.05, 0) is 97.2 Å². The van der Waals surface area contributed by atoms with Gasteiger partial charge in [-0.15, -0.1) is 47.2 Å². The first-order valence-electron chi connectivity index (χ1n) is 29.8. The molecular weight excluding hydrogens is 1460 g/mol. The number of hydrogen-bond donors (Lipinski definition) is 0. The van der Waals surface area contributed by atoms with Crippen LogP contribution in [0.25, 0.3) is 105 Å². The van der Waals surface area contributed by atoms with Crippen molar-refractivity contribution in [2.24, 2.45) is 0 Å². The third kappa shape index (κ3) is 11.1. The van der Waals surface area contributed by atoms with Crippen LogP contribution in [0.1, 0.15) is 105 Å². The Morgan fingerprint density at radius 1 is 0.326 bits per heavy atom. The van der Waals surface area contributed by atoms with Gasteiger partial charge >= 0.3 is 42.1 Å². The van der Waals surface area contributed by atoms with Crippen molar-refractivity contribution in [3.8, 4) is 62.8 Å². The van der Waals surface area contributed by atoms with E-state index in [-0.39, 0.29) is 63.8 Å². The maximum absolute atomic E-state index is 7.34. The number of aromatic nitrogens is 7. The van der Waals surface area contributed by atoms with Crippen molar-refractivity contribution in [1.29, 1.82) is 0 Å². The topological polar surface area (TPSA) is 84.8 Å². The van der Waals surface area contributed by atoms with Crippen LogP contribution >= 0.6 is 0 Å². The Balaban J connectivity index is 0.00000385. The number of pyridine rings is 2. The van der Waals surface area contributed by atoms with E-state index in [9.17, 15) is 0 Å². The maximum atomic E-state index is 7.34. The van der Waals surface area contributed by atoms with Gasteiger partial charge in [0.15, 0.2) is 0 Å². The van der Waals surface area contributed by atoms with Crippen LogP contribution in [-0.4, -0.2) is 33.6 Å². The van der Waals surface area contributed by atoms with Gasteiger partial charge in [-0.2, -0.15) is 35.0 Å². The summed E-state index contributed by atoms with van der Waals surface area (Å²) in [5.74, 6) is 4.09. The molecule has 0 aliphatic heterocycles. The van der Waals surface area contributed by atoms with E-state index in [2.05, 4.69) is 226 Å². The summed E-state index contributed by atoms with van der Waals surface area (Å²) in [5.41, 5.74) is 13.1. The second kappa shape index (κ2) is 22.8. The smallest absolute Gasteiger partial charge is 0.509 e. The predicted octanol–water partition coefficient (Wildman–Crippen LogP) is 19.9. The van der Waals surface area contributed by atoms with Crippen molar-refractivity contribution in [2.45, 2.75) is 105 Å². The molecule has 9 nitrogen and oxygen atoms in total. The Morgan fingerprint density at radius 3 is 1.06 bits per heavy atom. The van der Waals surface area contributed by atoms with Crippen molar-refractivity contribution < 1.29 is 51.6 Å². The molecule has 14 aromatic rings. The molecule has 0 saturated heterocycles. The number of nitrogens with zero attached hydrogens (tertiary/aromatic N) is 7. The molecule has 446 valence electrons. The molecule has 0 aliphatic rings. The summed E-state index contributed by atoms with van der Waals surface area (Å²) in [6.45, 7) is 27.3. The van der Waals surface area contributed by atoms with Gasteiger partial charge in [0.2, 0.25) is 5.95 Å². The Labute approximate surface area is 549 Å². The molecule has 0 atom stereocenters. The predicted molar refractivity (Wildman–Crippen MR) is 355 cm³/mol. The molecule has 0 amide bonds. The number of hydrogen-bond acceptors (Lipinski definition) is 6. The molecule has 0 bridgehead atoms. The van der Waals surface area contributed by atoms with Crippen molar-refractivity contribution in [3.05, 3.63) is 235 Å². The molecule has 0 N–H and O–H groups in total. The number of ether oxygens (including phenoxy) is 2. The molecule has 14 rings (SSSR count). The molecular formula is C78H67N7O2Pt2. The molecule has 0 unspecified atom stereocenters. The number of rotatable bonds is 9. The minimum Gasteiger partial charge on any atom is -0.509 e. The first-order chi connectivity index (χ1) is 41.6. The third-order valence-corrected chi connectivity index (χ3v) is 16.8. The number of fused-ring (bicyclic) bond motifs is 9. The van der Waals surface area contributed by atoms with E-state index in [1.807, 2.05) is 71.6 Å².